The molecule has 0 saturated heterocycles. The van der Waals surface area contributed by atoms with E-state index in [1.807, 2.05) is 12.1 Å². The lowest BCUT2D eigenvalue weighted by Gasteiger charge is -1.93. The molecule has 1 aromatic rings. The third-order valence-electron chi connectivity index (χ3n) is 1.24. The Labute approximate surface area is 84.7 Å². The molecule has 0 aliphatic heterocycles. The van der Waals surface area contributed by atoms with Gasteiger partial charge in [0, 0.05) is 3.57 Å². The third kappa shape index (κ3) is 3.10. The third-order valence-corrected chi connectivity index (χ3v) is 2.09. The maximum absolute atomic E-state index is 4.46. The maximum atomic E-state index is 4.46. The number of halogens is 1. The number of benzene rings is 1. The standard InChI is InChI=1S/C8H6INS/c9-8-3-1-7(2-4-8)5-10-6-11/h1-4H,5H2. The Morgan fingerprint density at radius 2 is 2.00 bits per heavy atom. The number of nitrogens with zero attached hydrogens (tertiary/aromatic N) is 1. The first-order valence-corrected chi connectivity index (χ1v) is 4.59. The first-order chi connectivity index (χ1) is 5.33. The Balaban J connectivity index is 2.73. The molecule has 0 radical (unpaired) electrons. The van der Waals surface area contributed by atoms with Gasteiger partial charge in [0.15, 0.2) is 0 Å². The number of hydrogen-bond donors (Lipinski definition) is 0. The topological polar surface area (TPSA) is 12.4 Å². The molecule has 1 nitrogen and oxygen atoms in total. The predicted molar refractivity (Wildman–Crippen MR) is 57.9 cm³/mol. The van der Waals surface area contributed by atoms with E-state index in [0.29, 0.717) is 6.54 Å². The van der Waals surface area contributed by atoms with Crippen molar-refractivity contribution in [3.63, 3.8) is 0 Å². The summed E-state index contributed by atoms with van der Waals surface area (Å²) in [6.45, 7) is 0.639. The zero-order chi connectivity index (χ0) is 8.10. The van der Waals surface area contributed by atoms with Crippen LogP contribution < -0.4 is 0 Å². The molecule has 0 unspecified atom stereocenters. The monoisotopic (exact) mass is 275 g/mol. The van der Waals surface area contributed by atoms with Gasteiger partial charge in [0.1, 0.15) is 0 Å². The maximum Gasteiger partial charge on any atom is 0.0743 e. The van der Waals surface area contributed by atoms with Gasteiger partial charge in [-0.3, -0.25) is 0 Å². The minimum atomic E-state index is 0.639. The highest BCUT2D eigenvalue weighted by Crippen LogP contribution is 2.06. The van der Waals surface area contributed by atoms with E-state index in [2.05, 4.69) is 57.1 Å². The van der Waals surface area contributed by atoms with Crippen LogP contribution >= 0.6 is 34.8 Å². The van der Waals surface area contributed by atoms with Crippen LogP contribution in [0.5, 0.6) is 0 Å². The summed E-state index contributed by atoms with van der Waals surface area (Å²) in [5, 5.41) is 2.34. The van der Waals surface area contributed by atoms with E-state index in [1.54, 1.807) is 0 Å². The molecule has 0 saturated carbocycles. The SMILES string of the molecule is S=C=NCc1ccc(I)cc1. The zero-order valence-electron chi connectivity index (χ0n) is 5.75. The molecule has 0 fully saturated rings. The van der Waals surface area contributed by atoms with Gasteiger partial charge >= 0.3 is 0 Å². The molecule has 0 aromatic heterocycles. The second-order valence-electron chi connectivity index (χ2n) is 2.03. The number of hydrogen-bond acceptors (Lipinski definition) is 2. The molecule has 0 N–H and O–H groups in total. The Morgan fingerprint density at radius 1 is 1.36 bits per heavy atom. The van der Waals surface area contributed by atoms with E-state index in [0.717, 1.165) is 0 Å². The van der Waals surface area contributed by atoms with E-state index in [4.69, 9.17) is 0 Å². The first kappa shape index (κ1) is 8.84. The van der Waals surface area contributed by atoms with Crippen LogP contribution in [0.3, 0.4) is 0 Å². The molecule has 0 spiro atoms. The van der Waals surface area contributed by atoms with Crippen molar-refractivity contribution in [2.45, 2.75) is 6.54 Å². The molecule has 1 aromatic carbocycles. The smallest absolute Gasteiger partial charge is 0.0743 e. The molecule has 11 heavy (non-hydrogen) atoms. The van der Waals surface area contributed by atoms with Crippen molar-refractivity contribution in [2.75, 3.05) is 0 Å². The molecular formula is C8H6INS. The molecule has 1 rings (SSSR count). The minimum absolute atomic E-state index is 0.639. The molecule has 0 aliphatic rings. The van der Waals surface area contributed by atoms with E-state index < -0.39 is 0 Å². The summed E-state index contributed by atoms with van der Waals surface area (Å²) in [5.41, 5.74) is 1.17. The summed E-state index contributed by atoms with van der Waals surface area (Å²) in [6.07, 6.45) is 0. The largest absolute Gasteiger partial charge is 0.228 e. The van der Waals surface area contributed by atoms with Crippen LogP contribution in [0.15, 0.2) is 29.3 Å². The van der Waals surface area contributed by atoms with Crippen LogP contribution in [0.1, 0.15) is 5.56 Å². The highest BCUT2D eigenvalue weighted by Gasteiger charge is 1.88. The average molecular weight is 275 g/mol. The zero-order valence-corrected chi connectivity index (χ0v) is 8.72. The summed E-state index contributed by atoms with van der Waals surface area (Å²) in [5.74, 6) is 0. The summed E-state index contributed by atoms with van der Waals surface area (Å²) >= 11 is 6.73. The van der Waals surface area contributed by atoms with Gasteiger partial charge in [-0.25, -0.2) is 4.99 Å². The number of thiocarbonyl (C=S) groups is 1. The number of rotatable bonds is 2. The Hall–Kier alpha value is -0.250. The van der Waals surface area contributed by atoms with E-state index in [-0.39, 0.29) is 0 Å². The van der Waals surface area contributed by atoms with Crippen LogP contribution in [0, 0.1) is 3.57 Å². The molecule has 56 valence electrons. The van der Waals surface area contributed by atoms with Crippen molar-refractivity contribution >= 4 is 40.0 Å². The van der Waals surface area contributed by atoms with Gasteiger partial charge in [0.25, 0.3) is 0 Å². The van der Waals surface area contributed by atoms with Crippen molar-refractivity contribution in [2.24, 2.45) is 4.99 Å². The van der Waals surface area contributed by atoms with Gasteiger partial charge in [-0.15, -0.1) is 0 Å². The van der Waals surface area contributed by atoms with E-state index >= 15 is 0 Å². The quantitative estimate of drug-likeness (QED) is 0.459. The minimum Gasteiger partial charge on any atom is -0.228 e. The molecule has 0 heterocycles. The molecule has 0 aliphatic carbocycles. The fraction of sp³-hybridized carbons (Fsp3) is 0.125. The molecule has 3 heteroatoms. The second-order valence-corrected chi connectivity index (χ2v) is 3.46. The molecule has 0 amide bonds. The highest BCUT2D eigenvalue weighted by atomic mass is 127. The Morgan fingerprint density at radius 3 is 2.55 bits per heavy atom. The highest BCUT2D eigenvalue weighted by molar-refractivity contribution is 14.1. The first-order valence-electron chi connectivity index (χ1n) is 3.11. The summed E-state index contributed by atoms with van der Waals surface area (Å²) in [6, 6.07) is 8.18. The summed E-state index contributed by atoms with van der Waals surface area (Å²) < 4.78 is 1.23. The van der Waals surface area contributed by atoms with Crippen LogP contribution in [0.4, 0.5) is 0 Å². The molecule has 0 bridgehead atoms. The van der Waals surface area contributed by atoms with E-state index in [9.17, 15) is 0 Å². The second kappa shape index (κ2) is 4.59. The van der Waals surface area contributed by atoms with Crippen molar-refractivity contribution in [3.8, 4) is 0 Å². The van der Waals surface area contributed by atoms with Crippen molar-refractivity contribution in [3.05, 3.63) is 33.4 Å². The van der Waals surface area contributed by atoms with Crippen LogP contribution in [0.25, 0.3) is 0 Å². The summed E-state index contributed by atoms with van der Waals surface area (Å²) in [7, 11) is 0. The fourth-order valence-corrected chi connectivity index (χ4v) is 1.14. The van der Waals surface area contributed by atoms with Crippen molar-refractivity contribution in [1.82, 2.24) is 0 Å². The lowest BCUT2D eigenvalue weighted by Crippen LogP contribution is -1.79. The lowest BCUT2D eigenvalue weighted by molar-refractivity contribution is 1.08. The average Bonchev–Trinajstić information content (AvgIpc) is 2.04. The Bertz CT molecular complexity index is 275. The Kier molecular flexibility index (Phi) is 3.69. The normalized spacial score (nSPS) is 8.82. The molecule has 0 atom stereocenters. The van der Waals surface area contributed by atoms with Crippen LogP contribution in [0.2, 0.25) is 0 Å². The van der Waals surface area contributed by atoms with Crippen LogP contribution in [-0.2, 0) is 6.54 Å². The number of aliphatic imine (C=N–C) groups is 1. The predicted octanol–water partition coefficient (Wildman–Crippen LogP) is 2.89. The van der Waals surface area contributed by atoms with Crippen molar-refractivity contribution in [1.29, 1.82) is 0 Å². The fourth-order valence-electron chi connectivity index (χ4n) is 0.713. The van der Waals surface area contributed by atoms with Gasteiger partial charge in [-0.05, 0) is 52.5 Å². The van der Waals surface area contributed by atoms with Gasteiger partial charge in [0.2, 0.25) is 0 Å². The van der Waals surface area contributed by atoms with Crippen LogP contribution in [-0.4, -0.2) is 5.16 Å². The van der Waals surface area contributed by atoms with Gasteiger partial charge in [-0.2, -0.15) is 0 Å². The van der Waals surface area contributed by atoms with Gasteiger partial charge < -0.3 is 0 Å². The van der Waals surface area contributed by atoms with Gasteiger partial charge in [-0.1, -0.05) is 12.1 Å². The lowest BCUT2D eigenvalue weighted by atomic mass is 10.2. The summed E-state index contributed by atoms with van der Waals surface area (Å²) in [4.78, 5) is 3.83. The van der Waals surface area contributed by atoms with E-state index in [1.165, 1.54) is 9.13 Å². The molecular weight excluding hydrogens is 269 g/mol. The number of isothiocyanates is 1. The van der Waals surface area contributed by atoms with Gasteiger partial charge in [0.05, 0.1) is 11.7 Å². The van der Waals surface area contributed by atoms with Crippen molar-refractivity contribution < 1.29 is 0 Å².